The summed E-state index contributed by atoms with van der Waals surface area (Å²) in [4.78, 5) is 13.8. The van der Waals surface area contributed by atoms with Crippen molar-refractivity contribution in [2.75, 3.05) is 26.9 Å². The fourth-order valence-electron chi connectivity index (χ4n) is 2.43. The van der Waals surface area contributed by atoms with Gasteiger partial charge in [0.2, 0.25) is 5.91 Å². The minimum absolute atomic E-state index is 0.0107. The number of carbonyl (C=O) groups excluding carboxylic acids is 1. The summed E-state index contributed by atoms with van der Waals surface area (Å²) in [6.07, 6.45) is 2.19. The summed E-state index contributed by atoms with van der Waals surface area (Å²) in [7, 11) is 1.61. The minimum atomic E-state index is -0.0107. The van der Waals surface area contributed by atoms with Crippen LogP contribution in [0.1, 0.15) is 19.3 Å². The van der Waals surface area contributed by atoms with Crippen molar-refractivity contribution in [3.8, 4) is 11.5 Å². The number of rotatable bonds is 6. The van der Waals surface area contributed by atoms with Gasteiger partial charge in [0.05, 0.1) is 32.8 Å². The standard InChI is InChI=1S/C15H21NO4/c1-19-13-4-6-14(7-5-13)20-10-8-15(18)16-9-2-3-12(16)11-17/h4-7,12,17H,2-3,8-11H2,1H3. The Kier molecular flexibility index (Phi) is 5.24. The molecular formula is C15H21NO4. The fraction of sp³-hybridized carbons (Fsp3) is 0.533. The predicted molar refractivity (Wildman–Crippen MR) is 74.9 cm³/mol. The molecule has 1 atom stereocenters. The van der Waals surface area contributed by atoms with Gasteiger partial charge in [0.25, 0.3) is 0 Å². The Morgan fingerprint density at radius 3 is 2.70 bits per heavy atom. The highest BCUT2D eigenvalue weighted by atomic mass is 16.5. The van der Waals surface area contributed by atoms with Crippen molar-refractivity contribution in [1.29, 1.82) is 0 Å². The van der Waals surface area contributed by atoms with E-state index in [1.807, 2.05) is 24.3 Å². The lowest BCUT2D eigenvalue weighted by atomic mass is 10.2. The fourth-order valence-corrected chi connectivity index (χ4v) is 2.43. The maximum absolute atomic E-state index is 12.0. The largest absolute Gasteiger partial charge is 0.497 e. The summed E-state index contributed by atoms with van der Waals surface area (Å²) < 4.78 is 10.6. The third-order valence-corrected chi connectivity index (χ3v) is 3.55. The summed E-state index contributed by atoms with van der Waals surface area (Å²) in [6.45, 7) is 1.14. The molecule has 1 fully saturated rings. The summed E-state index contributed by atoms with van der Waals surface area (Å²) in [5.41, 5.74) is 0. The first kappa shape index (κ1) is 14.7. The Bertz CT molecular complexity index is 432. The number of aliphatic hydroxyl groups excluding tert-OH is 1. The highest BCUT2D eigenvalue weighted by Crippen LogP contribution is 2.19. The third-order valence-electron chi connectivity index (χ3n) is 3.55. The molecule has 0 aliphatic carbocycles. The van der Waals surface area contributed by atoms with Crippen LogP contribution in [0.2, 0.25) is 0 Å². The number of aliphatic hydroxyl groups is 1. The van der Waals surface area contributed by atoms with Crippen molar-refractivity contribution in [3.05, 3.63) is 24.3 Å². The molecule has 1 aliphatic heterocycles. The van der Waals surface area contributed by atoms with Gasteiger partial charge < -0.3 is 19.5 Å². The molecule has 1 aliphatic rings. The maximum atomic E-state index is 12.0. The van der Waals surface area contributed by atoms with E-state index in [0.29, 0.717) is 13.0 Å². The van der Waals surface area contributed by atoms with Crippen LogP contribution in [0.5, 0.6) is 11.5 Å². The number of benzene rings is 1. The molecule has 110 valence electrons. The van der Waals surface area contributed by atoms with E-state index < -0.39 is 0 Å². The number of methoxy groups -OCH3 is 1. The molecule has 0 aromatic heterocycles. The highest BCUT2D eigenvalue weighted by Gasteiger charge is 2.27. The van der Waals surface area contributed by atoms with Crippen LogP contribution in [-0.2, 0) is 4.79 Å². The van der Waals surface area contributed by atoms with Crippen molar-refractivity contribution < 1.29 is 19.4 Å². The van der Waals surface area contributed by atoms with E-state index >= 15 is 0 Å². The Labute approximate surface area is 119 Å². The van der Waals surface area contributed by atoms with Crippen molar-refractivity contribution in [2.45, 2.75) is 25.3 Å². The molecule has 0 spiro atoms. The number of hydrogen-bond donors (Lipinski definition) is 1. The van der Waals surface area contributed by atoms with Gasteiger partial charge in [0, 0.05) is 6.54 Å². The van der Waals surface area contributed by atoms with Crippen LogP contribution in [0.3, 0.4) is 0 Å². The van der Waals surface area contributed by atoms with Gasteiger partial charge >= 0.3 is 0 Å². The second kappa shape index (κ2) is 7.14. The smallest absolute Gasteiger partial charge is 0.226 e. The zero-order valence-electron chi connectivity index (χ0n) is 11.7. The molecule has 0 saturated carbocycles. The maximum Gasteiger partial charge on any atom is 0.226 e. The van der Waals surface area contributed by atoms with E-state index in [1.54, 1.807) is 12.0 Å². The zero-order chi connectivity index (χ0) is 14.4. The van der Waals surface area contributed by atoms with Crippen molar-refractivity contribution in [2.24, 2.45) is 0 Å². The van der Waals surface area contributed by atoms with Crippen LogP contribution >= 0.6 is 0 Å². The molecule has 1 unspecified atom stereocenters. The zero-order valence-corrected chi connectivity index (χ0v) is 11.7. The molecule has 1 saturated heterocycles. The van der Waals surface area contributed by atoms with Gasteiger partial charge in [-0.2, -0.15) is 0 Å². The first-order chi connectivity index (χ1) is 9.74. The molecule has 5 heteroatoms. The highest BCUT2D eigenvalue weighted by molar-refractivity contribution is 5.77. The van der Waals surface area contributed by atoms with E-state index in [9.17, 15) is 9.90 Å². The molecule has 1 aromatic rings. The first-order valence-electron chi connectivity index (χ1n) is 6.91. The van der Waals surface area contributed by atoms with E-state index in [2.05, 4.69) is 0 Å². The molecular weight excluding hydrogens is 258 g/mol. The lowest BCUT2D eigenvalue weighted by Gasteiger charge is -2.23. The Morgan fingerprint density at radius 2 is 2.05 bits per heavy atom. The summed E-state index contributed by atoms with van der Waals surface area (Å²) in [5, 5.41) is 9.20. The number of nitrogens with zero attached hydrogens (tertiary/aromatic N) is 1. The van der Waals surface area contributed by atoms with Gasteiger partial charge in [-0.15, -0.1) is 0 Å². The van der Waals surface area contributed by atoms with E-state index in [4.69, 9.17) is 9.47 Å². The Morgan fingerprint density at radius 1 is 1.35 bits per heavy atom. The van der Waals surface area contributed by atoms with Gasteiger partial charge in [-0.3, -0.25) is 4.79 Å². The normalized spacial score (nSPS) is 18.1. The van der Waals surface area contributed by atoms with Gasteiger partial charge in [-0.05, 0) is 37.1 Å². The van der Waals surface area contributed by atoms with Gasteiger partial charge in [0.1, 0.15) is 11.5 Å². The summed E-state index contributed by atoms with van der Waals surface area (Å²) >= 11 is 0. The number of likely N-dealkylation sites (tertiary alicyclic amines) is 1. The van der Waals surface area contributed by atoms with Crippen molar-refractivity contribution in [1.82, 2.24) is 4.90 Å². The second-order valence-electron chi connectivity index (χ2n) is 4.84. The van der Waals surface area contributed by atoms with Crippen molar-refractivity contribution >= 4 is 5.91 Å². The molecule has 1 heterocycles. The summed E-state index contributed by atoms with van der Waals surface area (Å²) in [6, 6.07) is 7.26. The van der Waals surface area contributed by atoms with Gasteiger partial charge in [0.15, 0.2) is 0 Å². The number of amides is 1. The molecule has 2 rings (SSSR count). The lowest BCUT2D eigenvalue weighted by molar-refractivity contribution is -0.133. The van der Waals surface area contributed by atoms with E-state index in [0.717, 1.165) is 30.9 Å². The van der Waals surface area contributed by atoms with Gasteiger partial charge in [-0.25, -0.2) is 0 Å². The van der Waals surface area contributed by atoms with Crippen LogP contribution < -0.4 is 9.47 Å². The second-order valence-corrected chi connectivity index (χ2v) is 4.84. The molecule has 1 aromatic carbocycles. The minimum Gasteiger partial charge on any atom is -0.497 e. The molecule has 0 bridgehead atoms. The Hall–Kier alpha value is -1.75. The predicted octanol–water partition coefficient (Wildman–Crippen LogP) is 1.45. The average Bonchev–Trinajstić information content (AvgIpc) is 2.96. The molecule has 1 N–H and O–H groups in total. The topological polar surface area (TPSA) is 59.0 Å². The van der Waals surface area contributed by atoms with Crippen LogP contribution in [0.15, 0.2) is 24.3 Å². The monoisotopic (exact) mass is 279 g/mol. The molecule has 5 nitrogen and oxygen atoms in total. The SMILES string of the molecule is COc1ccc(OCCC(=O)N2CCCC2CO)cc1. The first-order valence-corrected chi connectivity index (χ1v) is 6.91. The van der Waals surface area contributed by atoms with Crippen LogP contribution in [0.25, 0.3) is 0 Å². The van der Waals surface area contributed by atoms with E-state index in [-0.39, 0.29) is 18.6 Å². The molecule has 0 radical (unpaired) electrons. The number of ether oxygens (including phenoxy) is 2. The van der Waals surface area contributed by atoms with Crippen LogP contribution in [0.4, 0.5) is 0 Å². The quantitative estimate of drug-likeness (QED) is 0.856. The number of carbonyl (C=O) groups is 1. The third kappa shape index (κ3) is 3.63. The van der Waals surface area contributed by atoms with Crippen LogP contribution in [0, 0.1) is 0 Å². The van der Waals surface area contributed by atoms with E-state index in [1.165, 1.54) is 0 Å². The Balaban J connectivity index is 1.76. The average molecular weight is 279 g/mol. The lowest BCUT2D eigenvalue weighted by Crippen LogP contribution is -2.38. The molecule has 20 heavy (non-hydrogen) atoms. The van der Waals surface area contributed by atoms with Crippen LogP contribution in [-0.4, -0.2) is 48.8 Å². The van der Waals surface area contributed by atoms with Crippen molar-refractivity contribution in [3.63, 3.8) is 0 Å². The molecule has 1 amide bonds. The number of hydrogen-bond acceptors (Lipinski definition) is 4. The van der Waals surface area contributed by atoms with Gasteiger partial charge in [-0.1, -0.05) is 0 Å². The summed E-state index contributed by atoms with van der Waals surface area (Å²) in [5.74, 6) is 1.55.